The summed E-state index contributed by atoms with van der Waals surface area (Å²) >= 11 is 0. The highest BCUT2D eigenvalue weighted by molar-refractivity contribution is 5.82. The van der Waals surface area contributed by atoms with Gasteiger partial charge in [0.15, 0.2) is 0 Å². The molecule has 1 aliphatic heterocycles. The Morgan fingerprint density at radius 2 is 1.91 bits per heavy atom. The molecular formula is C13H11F4NO4. The zero-order valence-corrected chi connectivity index (χ0v) is 11.0. The van der Waals surface area contributed by atoms with Crippen molar-refractivity contribution in [1.82, 2.24) is 5.32 Å². The first-order valence-electron chi connectivity index (χ1n) is 6.23. The molecule has 0 aromatic heterocycles. The largest absolute Gasteiger partial charge is 0.481 e. The van der Waals surface area contributed by atoms with Crippen molar-refractivity contribution >= 4 is 11.9 Å². The van der Waals surface area contributed by atoms with Crippen molar-refractivity contribution < 1.29 is 37.0 Å². The Hall–Kier alpha value is -2.32. The standard InChI is InChI=1S/C13H11F4NO4/c14-8-1-5(22-13(16)17)2-9(15)11(8)6-3-10(19)18-4-7(6)12(20)21/h1-2,6-7,13H,3-4H2,(H,18,19)(H,20,21)/t6-,7-/m0/s1. The van der Waals surface area contributed by atoms with Crippen LogP contribution in [0, 0.1) is 17.6 Å². The van der Waals surface area contributed by atoms with Crippen LogP contribution in [0.1, 0.15) is 17.9 Å². The maximum Gasteiger partial charge on any atom is 0.387 e. The monoisotopic (exact) mass is 321 g/mol. The molecule has 0 aliphatic carbocycles. The van der Waals surface area contributed by atoms with Gasteiger partial charge in [0.2, 0.25) is 5.91 Å². The highest BCUT2D eigenvalue weighted by Gasteiger charge is 2.38. The normalized spacial score (nSPS) is 21.6. The average molecular weight is 321 g/mol. The summed E-state index contributed by atoms with van der Waals surface area (Å²) in [5.41, 5.74) is -0.621. The maximum absolute atomic E-state index is 14.0. The van der Waals surface area contributed by atoms with E-state index in [-0.39, 0.29) is 6.54 Å². The molecule has 2 N–H and O–H groups in total. The molecule has 1 amide bonds. The lowest BCUT2D eigenvalue weighted by molar-refractivity contribution is -0.144. The van der Waals surface area contributed by atoms with Gasteiger partial charge in [-0.05, 0) is 0 Å². The smallest absolute Gasteiger partial charge is 0.387 e. The highest BCUT2D eigenvalue weighted by Crippen LogP contribution is 2.36. The van der Waals surface area contributed by atoms with Crippen LogP contribution in [-0.2, 0) is 9.59 Å². The molecule has 1 heterocycles. The molecule has 2 atom stereocenters. The van der Waals surface area contributed by atoms with Gasteiger partial charge >= 0.3 is 12.6 Å². The molecule has 22 heavy (non-hydrogen) atoms. The second kappa shape index (κ2) is 6.20. The van der Waals surface area contributed by atoms with Gasteiger partial charge in [-0.2, -0.15) is 8.78 Å². The number of benzene rings is 1. The number of hydrogen-bond acceptors (Lipinski definition) is 3. The van der Waals surface area contributed by atoms with Crippen molar-refractivity contribution in [3.8, 4) is 5.75 Å². The fourth-order valence-corrected chi connectivity index (χ4v) is 2.43. The number of alkyl halides is 2. The number of amides is 1. The summed E-state index contributed by atoms with van der Waals surface area (Å²) in [4.78, 5) is 22.5. The van der Waals surface area contributed by atoms with E-state index in [0.717, 1.165) is 0 Å². The minimum Gasteiger partial charge on any atom is -0.481 e. The third-order valence-corrected chi connectivity index (χ3v) is 3.38. The molecule has 0 radical (unpaired) electrons. The van der Waals surface area contributed by atoms with Gasteiger partial charge in [0, 0.05) is 36.6 Å². The van der Waals surface area contributed by atoms with Crippen molar-refractivity contribution in [2.24, 2.45) is 5.92 Å². The van der Waals surface area contributed by atoms with Gasteiger partial charge in [0.05, 0.1) is 5.92 Å². The first-order chi connectivity index (χ1) is 10.3. The number of hydrogen-bond donors (Lipinski definition) is 2. The Labute approximate surface area is 121 Å². The van der Waals surface area contributed by atoms with Crippen molar-refractivity contribution in [3.05, 3.63) is 29.3 Å². The fourth-order valence-electron chi connectivity index (χ4n) is 2.43. The van der Waals surface area contributed by atoms with E-state index < -0.39 is 59.7 Å². The molecule has 1 aliphatic rings. The lowest BCUT2D eigenvalue weighted by Gasteiger charge is -2.29. The Balaban J connectivity index is 2.41. The van der Waals surface area contributed by atoms with Gasteiger partial charge in [-0.3, -0.25) is 9.59 Å². The van der Waals surface area contributed by atoms with E-state index in [9.17, 15) is 27.2 Å². The summed E-state index contributed by atoms with van der Waals surface area (Å²) in [6.45, 7) is -3.52. The van der Waals surface area contributed by atoms with Crippen LogP contribution >= 0.6 is 0 Å². The minimum absolute atomic E-state index is 0.271. The van der Waals surface area contributed by atoms with E-state index >= 15 is 0 Å². The van der Waals surface area contributed by atoms with E-state index in [0.29, 0.717) is 12.1 Å². The molecule has 2 rings (SSSR count). The summed E-state index contributed by atoms with van der Waals surface area (Å²) in [6.07, 6.45) is -0.417. The molecule has 5 nitrogen and oxygen atoms in total. The second-order valence-electron chi connectivity index (χ2n) is 4.74. The number of rotatable bonds is 4. The number of carboxylic acids is 1. The summed E-state index contributed by atoms with van der Waals surface area (Å²) in [5.74, 6) is -7.51. The van der Waals surface area contributed by atoms with Crippen LogP contribution in [0.5, 0.6) is 5.75 Å². The van der Waals surface area contributed by atoms with E-state index in [1.807, 2.05) is 0 Å². The number of carboxylic acid groups (broad SMARTS) is 1. The summed E-state index contributed by atoms with van der Waals surface area (Å²) in [6, 6.07) is 1.08. The fraction of sp³-hybridized carbons (Fsp3) is 0.385. The van der Waals surface area contributed by atoms with E-state index in [4.69, 9.17) is 5.11 Å². The predicted molar refractivity (Wildman–Crippen MR) is 64.5 cm³/mol. The molecule has 0 bridgehead atoms. The SMILES string of the molecule is O=C1C[C@H](c2c(F)cc(OC(F)F)cc2F)[C@@H](C(=O)O)CN1. The van der Waals surface area contributed by atoms with Crippen LogP contribution in [0.2, 0.25) is 0 Å². The zero-order valence-electron chi connectivity index (χ0n) is 11.0. The van der Waals surface area contributed by atoms with Crippen LogP contribution in [0.4, 0.5) is 17.6 Å². The number of ether oxygens (including phenoxy) is 1. The van der Waals surface area contributed by atoms with E-state index in [1.54, 1.807) is 0 Å². The molecule has 1 saturated heterocycles. The van der Waals surface area contributed by atoms with Crippen molar-refractivity contribution in [2.45, 2.75) is 19.0 Å². The molecule has 1 fully saturated rings. The Morgan fingerprint density at radius 1 is 1.32 bits per heavy atom. The van der Waals surface area contributed by atoms with Crippen LogP contribution in [0.3, 0.4) is 0 Å². The lowest BCUT2D eigenvalue weighted by Crippen LogP contribution is -2.43. The molecule has 9 heteroatoms. The second-order valence-corrected chi connectivity index (χ2v) is 4.74. The van der Waals surface area contributed by atoms with Gasteiger partial charge in [0.1, 0.15) is 17.4 Å². The molecule has 0 spiro atoms. The Bertz CT molecular complexity index is 585. The molecule has 120 valence electrons. The first kappa shape index (κ1) is 16.1. The van der Waals surface area contributed by atoms with Crippen LogP contribution < -0.4 is 10.1 Å². The van der Waals surface area contributed by atoms with Gasteiger partial charge < -0.3 is 15.2 Å². The summed E-state index contributed by atoms with van der Waals surface area (Å²) in [5, 5.41) is 11.4. The minimum atomic E-state index is -3.25. The van der Waals surface area contributed by atoms with Crippen molar-refractivity contribution in [3.63, 3.8) is 0 Å². The first-order valence-corrected chi connectivity index (χ1v) is 6.23. The van der Waals surface area contributed by atoms with Crippen LogP contribution in [0.25, 0.3) is 0 Å². The summed E-state index contributed by atoms with van der Waals surface area (Å²) < 4.78 is 56.1. The van der Waals surface area contributed by atoms with Crippen molar-refractivity contribution in [2.75, 3.05) is 6.54 Å². The maximum atomic E-state index is 14.0. The van der Waals surface area contributed by atoms with Gasteiger partial charge in [0.25, 0.3) is 0 Å². The number of carbonyl (C=O) groups excluding carboxylic acids is 1. The number of aliphatic carboxylic acids is 1. The Morgan fingerprint density at radius 3 is 2.41 bits per heavy atom. The zero-order chi connectivity index (χ0) is 16.4. The molecule has 1 aromatic carbocycles. The quantitative estimate of drug-likeness (QED) is 0.830. The van der Waals surface area contributed by atoms with Gasteiger partial charge in [-0.15, -0.1) is 0 Å². The molecular weight excluding hydrogens is 310 g/mol. The third-order valence-electron chi connectivity index (χ3n) is 3.38. The number of halogens is 4. The van der Waals surface area contributed by atoms with E-state index in [2.05, 4.69) is 10.1 Å². The predicted octanol–water partition coefficient (Wildman–Crippen LogP) is 1.87. The topological polar surface area (TPSA) is 75.6 Å². The number of piperidine rings is 1. The summed E-state index contributed by atoms with van der Waals surface area (Å²) in [7, 11) is 0. The highest BCUT2D eigenvalue weighted by atomic mass is 19.3. The molecule has 1 aromatic rings. The average Bonchev–Trinajstić information content (AvgIpc) is 2.36. The Kier molecular flexibility index (Phi) is 4.53. The van der Waals surface area contributed by atoms with Gasteiger partial charge in [-0.1, -0.05) is 0 Å². The molecule has 0 saturated carbocycles. The van der Waals surface area contributed by atoms with Crippen LogP contribution in [-0.4, -0.2) is 30.1 Å². The van der Waals surface area contributed by atoms with E-state index in [1.165, 1.54) is 0 Å². The number of carbonyl (C=O) groups is 2. The lowest BCUT2D eigenvalue weighted by atomic mass is 9.80. The third kappa shape index (κ3) is 3.29. The molecule has 0 unspecified atom stereocenters. The van der Waals surface area contributed by atoms with Crippen molar-refractivity contribution in [1.29, 1.82) is 0 Å². The van der Waals surface area contributed by atoms with Crippen LogP contribution in [0.15, 0.2) is 12.1 Å². The number of nitrogens with one attached hydrogen (secondary N) is 1. The van der Waals surface area contributed by atoms with Gasteiger partial charge in [-0.25, -0.2) is 8.78 Å².